The molecule has 148 valence electrons. The molecule has 1 fully saturated rings. The Kier molecular flexibility index (Phi) is 5.53. The summed E-state index contributed by atoms with van der Waals surface area (Å²) in [4.78, 5) is 24.7. The van der Waals surface area contributed by atoms with E-state index in [0.717, 1.165) is 41.1 Å². The first-order chi connectivity index (χ1) is 13.6. The molecule has 2 aromatic heterocycles. The molecule has 1 aliphatic carbocycles. The Balaban J connectivity index is 1.63. The third-order valence-electron chi connectivity index (χ3n) is 5.52. The number of rotatable bonds is 5. The number of fused-ring (bicyclic) bond motifs is 3. The summed E-state index contributed by atoms with van der Waals surface area (Å²) in [6, 6.07) is 8.33. The van der Waals surface area contributed by atoms with E-state index in [-0.39, 0.29) is 11.2 Å². The summed E-state index contributed by atoms with van der Waals surface area (Å²) in [5.41, 5.74) is 1.68. The average Bonchev–Trinajstić information content (AvgIpc) is 3.11. The second kappa shape index (κ2) is 8.07. The van der Waals surface area contributed by atoms with Crippen LogP contribution >= 0.6 is 11.8 Å². The van der Waals surface area contributed by atoms with Crippen molar-refractivity contribution in [2.24, 2.45) is 0 Å². The highest BCUT2D eigenvalue weighted by atomic mass is 32.2. The molecule has 6 nitrogen and oxygen atoms in total. The molecule has 4 rings (SSSR count). The largest absolute Gasteiger partial charge is 0.339 e. The van der Waals surface area contributed by atoms with E-state index >= 15 is 0 Å². The first-order valence-corrected chi connectivity index (χ1v) is 11.1. The van der Waals surface area contributed by atoms with Gasteiger partial charge in [0, 0.05) is 18.0 Å². The zero-order chi connectivity index (χ0) is 19.7. The number of para-hydroxylation sites is 1. The van der Waals surface area contributed by atoms with Gasteiger partial charge in [-0.05, 0) is 45.7 Å². The maximum absolute atomic E-state index is 13.2. The van der Waals surface area contributed by atoms with Gasteiger partial charge in [-0.15, -0.1) is 5.10 Å². The van der Waals surface area contributed by atoms with Crippen LogP contribution in [-0.4, -0.2) is 48.2 Å². The van der Waals surface area contributed by atoms with Gasteiger partial charge in [-0.2, -0.15) is 4.52 Å². The smallest absolute Gasteiger partial charge is 0.236 e. The maximum Gasteiger partial charge on any atom is 0.236 e. The third kappa shape index (κ3) is 3.60. The third-order valence-corrected chi connectivity index (χ3v) is 6.55. The topological polar surface area (TPSA) is 63.4 Å². The molecule has 3 aromatic rings. The van der Waals surface area contributed by atoms with E-state index in [2.05, 4.69) is 21.9 Å². The van der Waals surface area contributed by atoms with Gasteiger partial charge in [-0.3, -0.25) is 4.79 Å². The van der Waals surface area contributed by atoms with E-state index in [1.807, 2.05) is 38.1 Å². The van der Waals surface area contributed by atoms with Gasteiger partial charge in [0.1, 0.15) is 5.82 Å². The van der Waals surface area contributed by atoms with Crippen molar-refractivity contribution in [2.45, 2.75) is 69.3 Å². The highest BCUT2D eigenvalue weighted by Gasteiger charge is 2.29. The monoisotopic (exact) mass is 397 g/mol. The molecule has 1 unspecified atom stereocenters. The summed E-state index contributed by atoms with van der Waals surface area (Å²) in [5.74, 6) is 0.899. The van der Waals surface area contributed by atoms with Gasteiger partial charge in [0.25, 0.3) is 0 Å². The lowest BCUT2D eigenvalue weighted by Crippen LogP contribution is -2.44. The van der Waals surface area contributed by atoms with E-state index < -0.39 is 0 Å². The standard InChI is InChI=1S/C21H27N5OS/c1-4-25(16-10-6-5-7-11-16)20(27)14(2)28-21-23-18-13-9-8-12-17(18)19-22-15(3)24-26(19)21/h8-9,12-14,16H,4-7,10-11H2,1-3H3. The fourth-order valence-electron chi connectivity index (χ4n) is 4.14. The molecule has 1 aromatic carbocycles. The van der Waals surface area contributed by atoms with Crippen LogP contribution in [0.1, 0.15) is 51.8 Å². The molecule has 0 spiro atoms. The van der Waals surface area contributed by atoms with Crippen LogP contribution in [0.3, 0.4) is 0 Å². The lowest BCUT2D eigenvalue weighted by atomic mass is 9.94. The highest BCUT2D eigenvalue weighted by Crippen LogP contribution is 2.29. The van der Waals surface area contributed by atoms with Crippen molar-refractivity contribution < 1.29 is 4.79 Å². The zero-order valence-corrected chi connectivity index (χ0v) is 17.6. The molecule has 1 atom stereocenters. The summed E-state index contributed by atoms with van der Waals surface area (Å²) in [6.07, 6.45) is 5.98. The maximum atomic E-state index is 13.2. The van der Waals surface area contributed by atoms with Gasteiger partial charge >= 0.3 is 0 Å². The van der Waals surface area contributed by atoms with Gasteiger partial charge in [0.05, 0.1) is 10.8 Å². The second-order valence-electron chi connectivity index (χ2n) is 7.48. The minimum absolute atomic E-state index is 0.194. The number of thioether (sulfide) groups is 1. The minimum Gasteiger partial charge on any atom is -0.339 e. The molecule has 0 N–H and O–H groups in total. The van der Waals surface area contributed by atoms with Crippen LogP contribution < -0.4 is 0 Å². The van der Waals surface area contributed by atoms with Crippen LogP contribution in [0.15, 0.2) is 29.4 Å². The van der Waals surface area contributed by atoms with Gasteiger partial charge in [-0.1, -0.05) is 43.2 Å². The lowest BCUT2D eigenvalue weighted by Gasteiger charge is -2.35. The Morgan fingerprint density at radius 1 is 1.25 bits per heavy atom. The molecule has 1 aliphatic rings. The summed E-state index contributed by atoms with van der Waals surface area (Å²) in [6.45, 7) is 6.70. The number of hydrogen-bond donors (Lipinski definition) is 0. The number of hydrogen-bond acceptors (Lipinski definition) is 5. The molecule has 0 radical (unpaired) electrons. The number of carbonyl (C=O) groups is 1. The first kappa shape index (κ1) is 19.2. The van der Waals surface area contributed by atoms with Gasteiger partial charge in [-0.25, -0.2) is 9.97 Å². The van der Waals surface area contributed by atoms with Crippen molar-refractivity contribution in [2.75, 3.05) is 6.54 Å². The van der Waals surface area contributed by atoms with Crippen LogP contribution in [0.4, 0.5) is 0 Å². The molecule has 0 bridgehead atoms. The fraction of sp³-hybridized carbons (Fsp3) is 0.524. The lowest BCUT2D eigenvalue weighted by molar-refractivity contribution is -0.133. The number of aryl methyl sites for hydroxylation is 1. The van der Waals surface area contributed by atoms with Crippen molar-refractivity contribution in [1.82, 2.24) is 24.5 Å². The highest BCUT2D eigenvalue weighted by molar-refractivity contribution is 8.00. The molecular weight excluding hydrogens is 370 g/mol. The molecule has 0 saturated heterocycles. The van der Waals surface area contributed by atoms with Crippen molar-refractivity contribution in [3.63, 3.8) is 0 Å². The molecular formula is C21H27N5OS. The van der Waals surface area contributed by atoms with Crippen LogP contribution in [0.25, 0.3) is 16.6 Å². The van der Waals surface area contributed by atoms with Crippen LogP contribution in [0, 0.1) is 6.92 Å². The van der Waals surface area contributed by atoms with Crippen LogP contribution in [0.5, 0.6) is 0 Å². The van der Waals surface area contributed by atoms with Crippen molar-refractivity contribution >= 4 is 34.2 Å². The minimum atomic E-state index is -0.219. The normalized spacial score (nSPS) is 16.5. The second-order valence-corrected chi connectivity index (χ2v) is 8.79. The number of benzene rings is 1. The Morgan fingerprint density at radius 3 is 2.75 bits per heavy atom. The van der Waals surface area contributed by atoms with Gasteiger partial charge in [0.15, 0.2) is 10.8 Å². The van der Waals surface area contributed by atoms with Crippen LogP contribution in [-0.2, 0) is 4.79 Å². The van der Waals surface area contributed by atoms with Crippen LogP contribution in [0.2, 0.25) is 0 Å². The molecule has 28 heavy (non-hydrogen) atoms. The van der Waals surface area contributed by atoms with E-state index in [1.54, 1.807) is 4.52 Å². The molecule has 7 heteroatoms. The van der Waals surface area contributed by atoms with E-state index in [9.17, 15) is 4.79 Å². The Hall–Kier alpha value is -2.15. The summed E-state index contributed by atoms with van der Waals surface area (Å²) >= 11 is 1.48. The predicted molar refractivity (Wildman–Crippen MR) is 113 cm³/mol. The van der Waals surface area contributed by atoms with E-state index in [0.29, 0.717) is 11.9 Å². The SMILES string of the molecule is CCN(C(=O)C(C)Sc1nc2ccccc2c2nc(C)nn12)C1CCCCC1. The molecule has 1 saturated carbocycles. The van der Waals surface area contributed by atoms with Gasteiger partial charge < -0.3 is 4.90 Å². The predicted octanol–water partition coefficient (Wildman–Crippen LogP) is 4.25. The summed E-state index contributed by atoms with van der Waals surface area (Å²) in [7, 11) is 0. The van der Waals surface area contributed by atoms with Crippen molar-refractivity contribution in [1.29, 1.82) is 0 Å². The summed E-state index contributed by atoms with van der Waals surface area (Å²) in [5, 5.41) is 6.00. The van der Waals surface area contributed by atoms with Gasteiger partial charge in [0.2, 0.25) is 5.91 Å². The fourth-order valence-corrected chi connectivity index (χ4v) is 5.07. The molecule has 0 aliphatic heterocycles. The summed E-state index contributed by atoms with van der Waals surface area (Å²) < 4.78 is 1.78. The zero-order valence-electron chi connectivity index (χ0n) is 16.8. The molecule has 1 amide bonds. The average molecular weight is 398 g/mol. The number of amides is 1. The Morgan fingerprint density at radius 2 is 2.00 bits per heavy atom. The van der Waals surface area contributed by atoms with Crippen molar-refractivity contribution in [3.05, 3.63) is 30.1 Å². The van der Waals surface area contributed by atoms with Crippen molar-refractivity contribution in [3.8, 4) is 0 Å². The Labute approximate surface area is 169 Å². The van der Waals surface area contributed by atoms with E-state index in [4.69, 9.17) is 4.98 Å². The Bertz CT molecular complexity index is 995. The first-order valence-electron chi connectivity index (χ1n) is 10.2. The number of carbonyl (C=O) groups excluding carboxylic acids is 1. The number of aromatic nitrogens is 4. The molecule has 2 heterocycles. The quantitative estimate of drug-likeness (QED) is 0.476. The number of nitrogens with zero attached hydrogens (tertiary/aromatic N) is 5. The van der Waals surface area contributed by atoms with E-state index in [1.165, 1.54) is 31.0 Å².